The number of nitrogens with one attached hydrogen (secondary N) is 1. The monoisotopic (exact) mass is 475 g/mol. The van der Waals surface area contributed by atoms with Crippen molar-refractivity contribution < 1.29 is 13.9 Å². The summed E-state index contributed by atoms with van der Waals surface area (Å²) in [6.45, 7) is 0.313. The number of hydrogen-bond donors (Lipinski definition) is 1. The lowest BCUT2D eigenvalue weighted by molar-refractivity contribution is -0.137. The van der Waals surface area contributed by atoms with Gasteiger partial charge in [0.2, 0.25) is 23.5 Å². The van der Waals surface area contributed by atoms with E-state index < -0.39 is 17.6 Å². The molecule has 1 N–H and O–H groups in total. The zero-order chi connectivity index (χ0) is 24.2. The molecule has 0 radical (unpaired) electrons. The lowest BCUT2D eigenvalue weighted by Crippen LogP contribution is -2.51. The summed E-state index contributed by atoms with van der Waals surface area (Å²) >= 11 is 0. The highest BCUT2D eigenvalue weighted by atomic mass is 19.1. The molecule has 0 unspecified atom stereocenters. The molecule has 6 rings (SSSR count). The van der Waals surface area contributed by atoms with Crippen molar-refractivity contribution in [3.8, 4) is 23.1 Å². The van der Waals surface area contributed by atoms with Gasteiger partial charge in [0.15, 0.2) is 0 Å². The van der Waals surface area contributed by atoms with E-state index in [0.29, 0.717) is 43.0 Å². The zero-order valence-corrected chi connectivity index (χ0v) is 18.9. The number of carbonyl (C=O) groups is 1. The fourth-order valence-corrected chi connectivity index (χ4v) is 4.60. The topological polar surface area (TPSA) is 126 Å². The van der Waals surface area contributed by atoms with Crippen molar-refractivity contribution in [1.29, 1.82) is 5.26 Å². The summed E-state index contributed by atoms with van der Waals surface area (Å²) < 4.78 is 24.0. The van der Waals surface area contributed by atoms with Gasteiger partial charge in [0.25, 0.3) is 0 Å². The Morgan fingerprint density at radius 1 is 1.34 bits per heavy atom. The number of rotatable bonds is 5. The minimum Gasteiger partial charge on any atom is -0.479 e. The molecule has 4 aromatic heterocycles. The number of carbonyl (C=O) groups excluding carboxylic acids is 1. The number of imidazole rings is 1. The van der Waals surface area contributed by atoms with E-state index in [4.69, 9.17) is 4.74 Å². The maximum absolute atomic E-state index is 15.0. The van der Waals surface area contributed by atoms with Crippen LogP contribution in [0.5, 0.6) is 5.88 Å². The normalized spacial score (nSPS) is 21.1. The summed E-state index contributed by atoms with van der Waals surface area (Å²) in [5.41, 5.74) is 1.39. The summed E-state index contributed by atoms with van der Waals surface area (Å²) in [6, 6.07) is 3.41. The van der Waals surface area contributed by atoms with Gasteiger partial charge in [0, 0.05) is 48.7 Å². The predicted octanol–water partition coefficient (Wildman–Crippen LogP) is 2.10. The van der Waals surface area contributed by atoms with Crippen LogP contribution in [0.25, 0.3) is 22.4 Å². The summed E-state index contributed by atoms with van der Waals surface area (Å²) in [7, 11) is 1.52. The molecular weight excluding hydrogens is 453 g/mol. The molecule has 12 heteroatoms. The Labute approximate surface area is 199 Å². The Morgan fingerprint density at radius 2 is 2.20 bits per heavy atom. The zero-order valence-electron chi connectivity index (χ0n) is 18.9. The van der Waals surface area contributed by atoms with Crippen LogP contribution in [0.1, 0.15) is 19.3 Å². The average Bonchev–Trinajstić information content (AvgIpc) is 3.33. The fraction of sp³-hybridized carbons (Fsp3) is 0.391. The molecule has 4 aromatic rings. The molecule has 11 nitrogen and oxygen atoms in total. The number of hydrogen-bond acceptors (Lipinski definition) is 8. The molecule has 0 aromatic carbocycles. The number of ether oxygens (including phenoxy) is 1. The first-order chi connectivity index (χ1) is 17.0. The molecule has 178 valence electrons. The van der Waals surface area contributed by atoms with Crippen molar-refractivity contribution in [3.63, 3.8) is 0 Å². The van der Waals surface area contributed by atoms with E-state index in [1.807, 2.05) is 22.9 Å². The van der Waals surface area contributed by atoms with Crippen LogP contribution < -0.4 is 10.1 Å². The van der Waals surface area contributed by atoms with Gasteiger partial charge in [0.1, 0.15) is 17.1 Å². The van der Waals surface area contributed by atoms with Crippen LogP contribution in [-0.2, 0) is 4.79 Å². The van der Waals surface area contributed by atoms with Crippen LogP contribution in [0, 0.1) is 16.7 Å². The Hall–Kier alpha value is -4.27. The minimum absolute atomic E-state index is 0.0588. The average molecular weight is 475 g/mol. The van der Waals surface area contributed by atoms with Gasteiger partial charge >= 0.3 is 0 Å². The van der Waals surface area contributed by atoms with Crippen molar-refractivity contribution in [1.82, 2.24) is 33.9 Å². The van der Waals surface area contributed by atoms with Gasteiger partial charge in [-0.15, -0.1) is 5.10 Å². The first-order valence-corrected chi connectivity index (χ1v) is 11.3. The van der Waals surface area contributed by atoms with Gasteiger partial charge < -0.3 is 15.0 Å². The van der Waals surface area contributed by atoms with E-state index in [0.717, 1.165) is 11.1 Å². The van der Waals surface area contributed by atoms with Crippen LogP contribution in [0.3, 0.4) is 0 Å². The van der Waals surface area contributed by atoms with E-state index in [-0.39, 0.29) is 18.4 Å². The summed E-state index contributed by atoms with van der Waals surface area (Å²) in [6.07, 6.45) is 9.08. The first-order valence-electron chi connectivity index (χ1n) is 11.3. The number of alkyl halides is 1. The Kier molecular flexibility index (Phi) is 4.80. The number of amides is 1. The molecular formula is C23H22FN9O2. The second kappa shape index (κ2) is 7.90. The Bertz CT molecular complexity index is 1490. The van der Waals surface area contributed by atoms with Crippen LogP contribution in [-0.4, -0.2) is 72.2 Å². The van der Waals surface area contributed by atoms with E-state index in [2.05, 4.69) is 31.4 Å². The number of piperidine rings is 1. The predicted molar refractivity (Wildman–Crippen MR) is 122 cm³/mol. The first kappa shape index (κ1) is 21.3. The molecule has 1 saturated heterocycles. The third-order valence-electron chi connectivity index (χ3n) is 6.75. The fourth-order valence-electron chi connectivity index (χ4n) is 4.60. The van der Waals surface area contributed by atoms with Gasteiger partial charge in [0.05, 0.1) is 25.8 Å². The van der Waals surface area contributed by atoms with Crippen molar-refractivity contribution in [2.75, 3.05) is 25.5 Å². The molecule has 35 heavy (non-hydrogen) atoms. The second-order valence-electron chi connectivity index (χ2n) is 8.95. The van der Waals surface area contributed by atoms with Gasteiger partial charge in [-0.3, -0.25) is 9.20 Å². The molecule has 2 fully saturated rings. The number of halogens is 1. The highest BCUT2D eigenvalue weighted by molar-refractivity contribution is 5.88. The highest BCUT2D eigenvalue weighted by Crippen LogP contribution is 2.47. The van der Waals surface area contributed by atoms with Crippen molar-refractivity contribution in [3.05, 3.63) is 37.1 Å². The van der Waals surface area contributed by atoms with Crippen LogP contribution in [0.2, 0.25) is 0 Å². The summed E-state index contributed by atoms with van der Waals surface area (Å²) in [5.74, 6) is 0.896. The van der Waals surface area contributed by atoms with Crippen molar-refractivity contribution >= 4 is 23.1 Å². The van der Waals surface area contributed by atoms with Crippen LogP contribution in [0.4, 0.5) is 10.3 Å². The van der Waals surface area contributed by atoms with Crippen molar-refractivity contribution in [2.45, 2.75) is 31.5 Å². The van der Waals surface area contributed by atoms with Gasteiger partial charge in [-0.25, -0.2) is 18.9 Å². The number of fused-ring (bicyclic) bond motifs is 2. The molecule has 1 aliphatic heterocycles. The SMILES string of the molecule is COc1nc(N[C@H]2CCN(C(=O)C3(C#N)CC3)C[C@H]2F)nn2ccc(-c3cnc4nccn4c3)c12. The Balaban J connectivity index is 1.24. The molecule has 5 heterocycles. The molecule has 2 aliphatic rings. The molecule has 1 saturated carbocycles. The molecule has 0 bridgehead atoms. The number of likely N-dealkylation sites (tertiary alicyclic amines) is 1. The smallest absolute Gasteiger partial charge is 0.244 e. The Morgan fingerprint density at radius 3 is 2.94 bits per heavy atom. The van der Waals surface area contributed by atoms with E-state index >= 15 is 4.39 Å². The summed E-state index contributed by atoms with van der Waals surface area (Å²) in [5, 5.41) is 16.9. The molecule has 2 atom stereocenters. The number of nitrogens with zero attached hydrogens (tertiary/aromatic N) is 8. The third-order valence-corrected chi connectivity index (χ3v) is 6.75. The maximum atomic E-state index is 15.0. The quantitative estimate of drug-likeness (QED) is 0.465. The molecule has 1 aliphatic carbocycles. The second-order valence-corrected chi connectivity index (χ2v) is 8.95. The van der Waals surface area contributed by atoms with Crippen LogP contribution >= 0.6 is 0 Å². The standard InChI is InChI=1S/C23H22FN9O2/c1-35-19-18-15(14-10-27-22-26-6-9-32(22)11-14)2-8-33(18)30-21(29-19)28-17-3-7-31(12-16(17)24)20(34)23(13-25)4-5-23/h2,6,8-11,16-17H,3-5,7,12H2,1H3,(H,28,30)/t16-,17+/m1/s1. The van der Waals surface area contributed by atoms with E-state index in [9.17, 15) is 10.1 Å². The number of aromatic nitrogens is 6. The molecule has 0 spiro atoms. The maximum Gasteiger partial charge on any atom is 0.244 e. The third kappa shape index (κ3) is 3.51. The van der Waals surface area contributed by atoms with Gasteiger partial charge in [-0.1, -0.05) is 0 Å². The van der Waals surface area contributed by atoms with Gasteiger partial charge in [-0.2, -0.15) is 10.2 Å². The summed E-state index contributed by atoms with van der Waals surface area (Å²) in [4.78, 5) is 27.1. The number of methoxy groups -OCH3 is 1. The number of nitriles is 1. The number of anilines is 1. The van der Waals surface area contributed by atoms with Crippen LogP contribution in [0.15, 0.2) is 37.1 Å². The van der Waals surface area contributed by atoms with Gasteiger partial charge in [-0.05, 0) is 25.3 Å². The highest BCUT2D eigenvalue weighted by Gasteiger charge is 2.53. The lowest BCUT2D eigenvalue weighted by Gasteiger charge is -2.35. The molecule has 1 amide bonds. The lowest BCUT2D eigenvalue weighted by atomic mass is 10.00. The minimum atomic E-state index is -1.32. The van der Waals surface area contributed by atoms with Crippen molar-refractivity contribution in [2.24, 2.45) is 5.41 Å². The van der Waals surface area contributed by atoms with E-state index in [1.165, 1.54) is 12.0 Å². The largest absolute Gasteiger partial charge is 0.479 e. The van der Waals surface area contributed by atoms with E-state index in [1.54, 1.807) is 23.1 Å².